The maximum atomic E-state index is 12.5. The second-order valence-corrected chi connectivity index (χ2v) is 6.57. The van der Waals surface area contributed by atoms with E-state index in [1.165, 1.54) is 11.1 Å². The molecule has 0 aliphatic carbocycles. The molecule has 1 amide bonds. The van der Waals surface area contributed by atoms with Gasteiger partial charge in [-0.25, -0.2) is 4.98 Å². The standard InChI is InChI=1S/C23H25N3O/c1-3-26(17-20-7-5-4-6-8-20)22-15-21(13-14-24-22)23(27)25-16-19-11-9-18(2)10-12-19/h4-15H,3,16-17H2,1-2H3,(H,25,27). The van der Waals surface area contributed by atoms with Gasteiger partial charge in [0, 0.05) is 31.4 Å². The molecule has 0 aliphatic rings. The molecule has 1 heterocycles. The number of carbonyl (C=O) groups is 1. The topological polar surface area (TPSA) is 45.2 Å². The third kappa shape index (κ3) is 5.17. The number of hydrogen-bond acceptors (Lipinski definition) is 3. The van der Waals surface area contributed by atoms with E-state index in [0.29, 0.717) is 12.1 Å². The van der Waals surface area contributed by atoms with Crippen LogP contribution in [0, 0.1) is 6.92 Å². The second-order valence-electron chi connectivity index (χ2n) is 6.57. The summed E-state index contributed by atoms with van der Waals surface area (Å²) in [6.45, 7) is 6.23. The van der Waals surface area contributed by atoms with Crippen LogP contribution in [0.1, 0.15) is 34.0 Å². The lowest BCUT2D eigenvalue weighted by Gasteiger charge is -2.22. The van der Waals surface area contributed by atoms with Crippen LogP contribution in [0.2, 0.25) is 0 Å². The first kappa shape index (κ1) is 18.6. The van der Waals surface area contributed by atoms with Crippen molar-refractivity contribution in [3.63, 3.8) is 0 Å². The van der Waals surface area contributed by atoms with Crippen LogP contribution in [-0.2, 0) is 13.1 Å². The first-order valence-electron chi connectivity index (χ1n) is 9.24. The van der Waals surface area contributed by atoms with Crippen molar-refractivity contribution in [2.45, 2.75) is 26.9 Å². The van der Waals surface area contributed by atoms with Gasteiger partial charge in [-0.15, -0.1) is 0 Å². The van der Waals surface area contributed by atoms with Crippen molar-refractivity contribution in [3.05, 3.63) is 95.2 Å². The fourth-order valence-electron chi connectivity index (χ4n) is 2.88. The van der Waals surface area contributed by atoms with E-state index < -0.39 is 0 Å². The van der Waals surface area contributed by atoms with Gasteiger partial charge in [-0.3, -0.25) is 4.79 Å². The van der Waals surface area contributed by atoms with E-state index in [1.807, 2.05) is 36.4 Å². The molecule has 0 unspecified atom stereocenters. The highest BCUT2D eigenvalue weighted by Crippen LogP contribution is 2.16. The van der Waals surface area contributed by atoms with Crippen LogP contribution >= 0.6 is 0 Å². The number of pyridine rings is 1. The van der Waals surface area contributed by atoms with Crippen molar-refractivity contribution in [2.75, 3.05) is 11.4 Å². The predicted molar refractivity (Wildman–Crippen MR) is 110 cm³/mol. The number of aryl methyl sites for hydroxylation is 1. The number of nitrogens with zero attached hydrogens (tertiary/aromatic N) is 2. The number of benzene rings is 2. The Bertz CT molecular complexity index is 876. The molecule has 0 fully saturated rings. The van der Waals surface area contributed by atoms with Crippen LogP contribution in [0.4, 0.5) is 5.82 Å². The van der Waals surface area contributed by atoms with E-state index in [4.69, 9.17) is 0 Å². The summed E-state index contributed by atoms with van der Waals surface area (Å²) in [6.07, 6.45) is 1.70. The van der Waals surface area contributed by atoms with E-state index in [2.05, 4.69) is 53.3 Å². The van der Waals surface area contributed by atoms with E-state index >= 15 is 0 Å². The maximum Gasteiger partial charge on any atom is 0.251 e. The molecule has 2 aromatic carbocycles. The Morgan fingerprint density at radius 2 is 1.74 bits per heavy atom. The summed E-state index contributed by atoms with van der Waals surface area (Å²) in [6, 6.07) is 22.1. The van der Waals surface area contributed by atoms with Crippen molar-refractivity contribution < 1.29 is 4.79 Å². The molecule has 0 saturated carbocycles. The minimum absolute atomic E-state index is 0.0880. The molecule has 1 aromatic heterocycles. The lowest BCUT2D eigenvalue weighted by molar-refractivity contribution is 0.0951. The first-order chi connectivity index (χ1) is 13.2. The Hall–Kier alpha value is -3.14. The predicted octanol–water partition coefficient (Wildman–Crippen LogP) is 4.35. The molecule has 0 aliphatic heterocycles. The smallest absolute Gasteiger partial charge is 0.251 e. The third-order valence-electron chi connectivity index (χ3n) is 4.50. The van der Waals surface area contributed by atoms with Gasteiger partial charge in [-0.05, 0) is 37.1 Å². The maximum absolute atomic E-state index is 12.5. The molecule has 3 aromatic rings. The van der Waals surface area contributed by atoms with Gasteiger partial charge in [0.25, 0.3) is 5.91 Å². The van der Waals surface area contributed by atoms with Crippen LogP contribution in [0.5, 0.6) is 0 Å². The monoisotopic (exact) mass is 359 g/mol. The molecule has 3 rings (SSSR count). The number of hydrogen-bond donors (Lipinski definition) is 1. The molecular formula is C23H25N3O. The Balaban J connectivity index is 1.67. The molecule has 0 atom stereocenters. The van der Waals surface area contributed by atoms with Crippen molar-refractivity contribution >= 4 is 11.7 Å². The molecule has 0 bridgehead atoms. The molecule has 4 nitrogen and oxygen atoms in total. The molecule has 1 N–H and O–H groups in total. The van der Waals surface area contributed by atoms with E-state index in [1.54, 1.807) is 12.3 Å². The first-order valence-corrected chi connectivity index (χ1v) is 9.24. The van der Waals surface area contributed by atoms with Crippen molar-refractivity contribution in [2.24, 2.45) is 0 Å². The Labute approximate surface area is 160 Å². The summed E-state index contributed by atoms with van der Waals surface area (Å²) in [5.41, 5.74) is 4.14. The van der Waals surface area contributed by atoms with Crippen LogP contribution in [-0.4, -0.2) is 17.4 Å². The van der Waals surface area contributed by atoms with Gasteiger partial charge in [0.1, 0.15) is 5.82 Å². The molecule has 0 saturated heterocycles. The van der Waals surface area contributed by atoms with Gasteiger partial charge >= 0.3 is 0 Å². The molecule has 138 valence electrons. The molecule has 27 heavy (non-hydrogen) atoms. The zero-order valence-corrected chi connectivity index (χ0v) is 15.9. The average molecular weight is 359 g/mol. The van der Waals surface area contributed by atoms with Gasteiger partial charge in [0.05, 0.1) is 0 Å². The molecule has 0 radical (unpaired) electrons. The number of aromatic nitrogens is 1. The molecular weight excluding hydrogens is 334 g/mol. The summed E-state index contributed by atoms with van der Waals surface area (Å²) in [5.74, 6) is 0.722. The van der Waals surface area contributed by atoms with Gasteiger partial charge in [-0.2, -0.15) is 0 Å². The highest BCUT2D eigenvalue weighted by molar-refractivity contribution is 5.94. The van der Waals surface area contributed by atoms with Crippen molar-refractivity contribution in [1.82, 2.24) is 10.3 Å². The van der Waals surface area contributed by atoms with Gasteiger partial charge in [0.15, 0.2) is 0 Å². The zero-order valence-electron chi connectivity index (χ0n) is 15.9. The summed E-state index contributed by atoms with van der Waals surface area (Å²) >= 11 is 0. The number of rotatable bonds is 7. The largest absolute Gasteiger partial charge is 0.353 e. The number of carbonyl (C=O) groups excluding carboxylic acids is 1. The Morgan fingerprint density at radius 3 is 2.44 bits per heavy atom. The summed E-state index contributed by atoms with van der Waals surface area (Å²) in [4.78, 5) is 19.2. The highest BCUT2D eigenvalue weighted by atomic mass is 16.1. The number of anilines is 1. The Kier molecular flexibility index (Phi) is 6.21. The lowest BCUT2D eigenvalue weighted by atomic mass is 10.1. The fourth-order valence-corrected chi connectivity index (χ4v) is 2.88. The molecule has 4 heteroatoms. The van der Waals surface area contributed by atoms with Gasteiger partial charge in [0.2, 0.25) is 0 Å². The number of nitrogens with one attached hydrogen (secondary N) is 1. The number of amides is 1. The summed E-state index contributed by atoms with van der Waals surface area (Å²) in [7, 11) is 0. The van der Waals surface area contributed by atoms with Crippen LogP contribution < -0.4 is 10.2 Å². The minimum Gasteiger partial charge on any atom is -0.353 e. The van der Waals surface area contributed by atoms with E-state index in [9.17, 15) is 4.79 Å². The molecule has 0 spiro atoms. The highest BCUT2D eigenvalue weighted by Gasteiger charge is 2.11. The van der Waals surface area contributed by atoms with Crippen molar-refractivity contribution in [1.29, 1.82) is 0 Å². The van der Waals surface area contributed by atoms with Crippen LogP contribution in [0.3, 0.4) is 0 Å². The van der Waals surface area contributed by atoms with Crippen LogP contribution in [0.15, 0.2) is 72.9 Å². The summed E-state index contributed by atoms with van der Waals surface area (Å²) in [5, 5.41) is 2.98. The SMILES string of the molecule is CCN(Cc1ccccc1)c1cc(C(=O)NCc2ccc(C)cc2)ccn1. The average Bonchev–Trinajstić information content (AvgIpc) is 2.72. The van der Waals surface area contributed by atoms with E-state index in [0.717, 1.165) is 24.5 Å². The minimum atomic E-state index is -0.0880. The van der Waals surface area contributed by atoms with Crippen LogP contribution in [0.25, 0.3) is 0 Å². The normalized spacial score (nSPS) is 10.4. The van der Waals surface area contributed by atoms with Gasteiger partial charge in [-0.1, -0.05) is 60.2 Å². The fraction of sp³-hybridized carbons (Fsp3) is 0.217. The summed E-state index contributed by atoms with van der Waals surface area (Å²) < 4.78 is 0. The second kappa shape index (κ2) is 8.99. The van der Waals surface area contributed by atoms with Gasteiger partial charge < -0.3 is 10.2 Å². The van der Waals surface area contributed by atoms with E-state index in [-0.39, 0.29) is 5.91 Å². The quantitative estimate of drug-likeness (QED) is 0.682. The van der Waals surface area contributed by atoms with Crippen molar-refractivity contribution in [3.8, 4) is 0 Å². The zero-order chi connectivity index (χ0) is 19.1. The third-order valence-corrected chi connectivity index (χ3v) is 4.50. The lowest BCUT2D eigenvalue weighted by Crippen LogP contribution is -2.25. The Morgan fingerprint density at radius 1 is 1.00 bits per heavy atom.